The lowest BCUT2D eigenvalue weighted by Crippen LogP contribution is -2.43. The molecule has 27 heavy (non-hydrogen) atoms. The largest absolute Gasteiger partial charge is 0.473 e. The third kappa shape index (κ3) is 6.21. The number of carbonyl (C=O) groups is 1. The number of nitrogens with zero attached hydrogens (tertiary/aromatic N) is 3. The van der Waals surface area contributed by atoms with Crippen LogP contribution in [0.15, 0.2) is 12.4 Å². The number of carbonyl (C=O) groups excluding carboxylic acids is 1. The Morgan fingerprint density at radius 1 is 1.04 bits per heavy atom. The molecule has 7 nitrogen and oxygen atoms in total. The Kier molecular flexibility index (Phi) is 7.13. The lowest BCUT2D eigenvalue weighted by atomic mass is 9.94. The highest BCUT2D eigenvalue weighted by molar-refractivity contribution is 6.29. The highest BCUT2D eigenvalue weighted by Gasteiger charge is 2.29. The Morgan fingerprint density at radius 2 is 1.67 bits per heavy atom. The fraction of sp³-hybridized carbons (Fsp3) is 0.737. The van der Waals surface area contributed by atoms with E-state index < -0.39 is 0 Å². The quantitative estimate of drug-likeness (QED) is 0.751. The number of likely N-dealkylation sites (tertiary alicyclic amines) is 1. The molecule has 1 saturated heterocycles. The monoisotopic (exact) mass is 397 g/mol. The molecule has 0 N–H and O–H groups in total. The van der Waals surface area contributed by atoms with Crippen LogP contribution in [-0.2, 0) is 9.47 Å². The van der Waals surface area contributed by atoms with Crippen molar-refractivity contribution < 1.29 is 19.0 Å². The van der Waals surface area contributed by atoms with Gasteiger partial charge in [-0.1, -0.05) is 11.6 Å². The number of ether oxygens (including phenoxy) is 3. The molecule has 0 radical (unpaired) electrons. The molecular weight excluding hydrogens is 370 g/mol. The van der Waals surface area contributed by atoms with Gasteiger partial charge in [-0.3, -0.25) is 0 Å². The Hall–Kier alpha value is -1.60. The maximum atomic E-state index is 11.9. The molecule has 2 aliphatic rings. The molecule has 1 aliphatic heterocycles. The molecule has 8 heteroatoms. The Balaban J connectivity index is 1.35. The van der Waals surface area contributed by atoms with Crippen molar-refractivity contribution in [2.45, 2.75) is 76.8 Å². The topological polar surface area (TPSA) is 73.8 Å². The molecule has 150 valence electrons. The van der Waals surface area contributed by atoms with Gasteiger partial charge in [0.1, 0.15) is 11.3 Å². The second kappa shape index (κ2) is 9.55. The number of hydrogen-bond acceptors (Lipinski definition) is 6. The van der Waals surface area contributed by atoms with E-state index in [4.69, 9.17) is 25.8 Å². The number of rotatable bonds is 5. The molecule has 1 saturated carbocycles. The van der Waals surface area contributed by atoms with Gasteiger partial charge in [0, 0.05) is 13.1 Å². The normalized spacial score (nSPS) is 24.1. The minimum absolute atomic E-state index is 0.0808. The first kappa shape index (κ1) is 20.1. The number of halogens is 1. The van der Waals surface area contributed by atoms with E-state index in [0.29, 0.717) is 24.1 Å². The van der Waals surface area contributed by atoms with Crippen molar-refractivity contribution in [3.63, 3.8) is 0 Å². The van der Waals surface area contributed by atoms with Gasteiger partial charge in [-0.05, 0) is 52.4 Å². The van der Waals surface area contributed by atoms with Gasteiger partial charge in [-0.25, -0.2) is 14.8 Å². The summed E-state index contributed by atoms with van der Waals surface area (Å²) in [5, 5.41) is 0.364. The number of hydrogen-bond donors (Lipinski definition) is 0. The van der Waals surface area contributed by atoms with Crippen molar-refractivity contribution in [2.75, 3.05) is 13.1 Å². The van der Waals surface area contributed by atoms with Crippen LogP contribution in [0.3, 0.4) is 0 Å². The maximum Gasteiger partial charge on any atom is 0.410 e. The summed E-state index contributed by atoms with van der Waals surface area (Å²) in [7, 11) is 0. The van der Waals surface area contributed by atoms with Crippen molar-refractivity contribution in [2.24, 2.45) is 0 Å². The van der Waals surface area contributed by atoms with Crippen molar-refractivity contribution in [1.82, 2.24) is 14.9 Å². The fourth-order valence-corrected chi connectivity index (χ4v) is 3.64. The van der Waals surface area contributed by atoms with E-state index in [1.165, 1.54) is 6.20 Å². The van der Waals surface area contributed by atoms with Crippen molar-refractivity contribution >= 4 is 17.7 Å². The first-order valence-corrected chi connectivity index (χ1v) is 10.1. The van der Waals surface area contributed by atoms with Crippen LogP contribution in [0.2, 0.25) is 5.15 Å². The molecule has 1 aromatic heterocycles. The van der Waals surface area contributed by atoms with Gasteiger partial charge in [-0.15, -0.1) is 0 Å². The molecule has 0 unspecified atom stereocenters. The van der Waals surface area contributed by atoms with Gasteiger partial charge in [0.15, 0.2) is 0 Å². The standard InChI is InChI=1S/C19H28ClN3O4/c1-13(2)25-19(24)23-9-7-16(8-10-23)26-14-3-5-15(6-4-14)27-18-12-21-17(20)11-22-18/h11-16H,3-10H2,1-2H3. The zero-order chi connectivity index (χ0) is 19.2. The van der Waals surface area contributed by atoms with E-state index in [0.717, 1.165) is 38.5 Å². The van der Waals surface area contributed by atoms with Crippen LogP contribution >= 0.6 is 11.6 Å². The van der Waals surface area contributed by atoms with E-state index in [-0.39, 0.29) is 30.5 Å². The molecule has 3 rings (SSSR count). The van der Waals surface area contributed by atoms with Crippen LogP contribution in [0.5, 0.6) is 5.88 Å². The maximum absolute atomic E-state index is 11.9. The SMILES string of the molecule is CC(C)OC(=O)N1CCC(OC2CCC(Oc3cnc(Cl)cn3)CC2)CC1. The predicted octanol–water partition coefficient (Wildman–Crippen LogP) is 3.85. The summed E-state index contributed by atoms with van der Waals surface area (Å²) in [6.07, 6.45) is 8.94. The smallest absolute Gasteiger partial charge is 0.410 e. The Morgan fingerprint density at radius 3 is 2.26 bits per heavy atom. The van der Waals surface area contributed by atoms with Gasteiger partial charge in [0.2, 0.25) is 5.88 Å². The van der Waals surface area contributed by atoms with Crippen LogP contribution < -0.4 is 4.74 Å². The highest BCUT2D eigenvalue weighted by atomic mass is 35.5. The molecule has 0 bridgehead atoms. The summed E-state index contributed by atoms with van der Waals surface area (Å²) in [4.78, 5) is 21.8. The molecule has 2 fully saturated rings. The van der Waals surface area contributed by atoms with E-state index in [1.807, 2.05) is 13.8 Å². The van der Waals surface area contributed by atoms with Crippen LogP contribution in [0.25, 0.3) is 0 Å². The molecule has 2 heterocycles. The average Bonchev–Trinajstić information content (AvgIpc) is 2.65. The summed E-state index contributed by atoms with van der Waals surface area (Å²) < 4.78 is 17.4. The number of piperidine rings is 1. The Labute approximate surface area is 165 Å². The summed E-state index contributed by atoms with van der Waals surface area (Å²) in [6.45, 7) is 5.13. The first-order valence-electron chi connectivity index (χ1n) is 9.75. The summed E-state index contributed by atoms with van der Waals surface area (Å²) in [5.74, 6) is 0.518. The molecule has 1 aliphatic carbocycles. The van der Waals surface area contributed by atoms with E-state index in [2.05, 4.69) is 9.97 Å². The lowest BCUT2D eigenvalue weighted by molar-refractivity contribution is -0.0659. The second-order valence-corrected chi connectivity index (χ2v) is 7.84. The van der Waals surface area contributed by atoms with Crippen molar-refractivity contribution in [3.05, 3.63) is 17.5 Å². The third-order valence-electron chi connectivity index (χ3n) is 4.93. The van der Waals surface area contributed by atoms with E-state index >= 15 is 0 Å². The average molecular weight is 398 g/mol. The van der Waals surface area contributed by atoms with Crippen LogP contribution in [0.4, 0.5) is 4.79 Å². The predicted molar refractivity (Wildman–Crippen MR) is 101 cm³/mol. The third-order valence-corrected chi connectivity index (χ3v) is 5.12. The fourth-order valence-electron chi connectivity index (χ4n) is 3.54. The van der Waals surface area contributed by atoms with Crippen LogP contribution in [0.1, 0.15) is 52.4 Å². The number of amides is 1. The van der Waals surface area contributed by atoms with Crippen molar-refractivity contribution in [1.29, 1.82) is 0 Å². The van der Waals surface area contributed by atoms with Crippen LogP contribution in [0, 0.1) is 0 Å². The zero-order valence-electron chi connectivity index (χ0n) is 16.0. The summed E-state index contributed by atoms with van der Waals surface area (Å²) >= 11 is 5.74. The lowest BCUT2D eigenvalue weighted by Gasteiger charge is -2.35. The Bertz CT molecular complexity index is 597. The first-order chi connectivity index (χ1) is 13.0. The van der Waals surface area contributed by atoms with Gasteiger partial charge in [0.25, 0.3) is 0 Å². The minimum atomic E-state index is -0.216. The molecule has 1 aromatic rings. The minimum Gasteiger partial charge on any atom is -0.473 e. The van der Waals surface area contributed by atoms with Gasteiger partial charge in [-0.2, -0.15) is 0 Å². The molecular formula is C19H28ClN3O4. The van der Waals surface area contributed by atoms with E-state index in [1.54, 1.807) is 11.1 Å². The number of aromatic nitrogens is 2. The molecule has 1 amide bonds. The molecule has 0 aromatic carbocycles. The zero-order valence-corrected chi connectivity index (χ0v) is 16.7. The highest BCUT2D eigenvalue weighted by Crippen LogP contribution is 2.27. The van der Waals surface area contributed by atoms with Gasteiger partial charge in [0.05, 0.1) is 30.7 Å². The molecule has 0 spiro atoms. The second-order valence-electron chi connectivity index (χ2n) is 7.45. The van der Waals surface area contributed by atoms with Crippen LogP contribution in [-0.4, -0.2) is 58.5 Å². The molecule has 0 atom stereocenters. The van der Waals surface area contributed by atoms with Crippen molar-refractivity contribution in [3.8, 4) is 5.88 Å². The summed E-state index contributed by atoms with van der Waals surface area (Å²) in [6, 6.07) is 0. The van der Waals surface area contributed by atoms with Gasteiger partial charge >= 0.3 is 6.09 Å². The van der Waals surface area contributed by atoms with Gasteiger partial charge < -0.3 is 19.1 Å². The summed E-state index contributed by atoms with van der Waals surface area (Å²) in [5.41, 5.74) is 0. The van der Waals surface area contributed by atoms with E-state index in [9.17, 15) is 4.79 Å².